The number of hydrogen-bond acceptors (Lipinski definition) is 0. The van der Waals surface area contributed by atoms with Gasteiger partial charge < -0.3 is 1.43 Å². The minimum atomic E-state index is -5.56. The van der Waals surface area contributed by atoms with Gasteiger partial charge >= 0.3 is 63.6 Å². The second-order valence-corrected chi connectivity index (χ2v) is 1.07. The Kier molecular flexibility index (Phi) is 6.44. The summed E-state index contributed by atoms with van der Waals surface area (Å²) in [6, 6.07) is 0. The van der Waals surface area contributed by atoms with Gasteiger partial charge in [0.05, 0.1) is 0 Å². The zero-order chi connectivity index (χ0) is 7.65. The third kappa shape index (κ3) is 4.72. The van der Waals surface area contributed by atoms with Crippen molar-refractivity contribution in [2.75, 3.05) is 0 Å². The van der Waals surface area contributed by atoms with E-state index in [4.69, 9.17) is 0 Å². The van der Waals surface area contributed by atoms with Crippen LogP contribution in [0.5, 0.6) is 0 Å². The summed E-state index contributed by atoms with van der Waals surface area (Å²) in [6.45, 7) is 0. The van der Waals surface area contributed by atoms with Crippen molar-refractivity contribution in [3.63, 3.8) is 0 Å². The molecule has 0 nitrogen and oxygen atoms in total. The van der Waals surface area contributed by atoms with Crippen molar-refractivity contribution >= 4 is 0 Å². The van der Waals surface area contributed by atoms with Crippen LogP contribution in [0.15, 0.2) is 11.9 Å². The summed E-state index contributed by atoms with van der Waals surface area (Å²) in [5.41, 5.74) is 0. The fraction of sp³-hybridized carbons (Fsp3) is 0.333. The van der Waals surface area contributed by atoms with Gasteiger partial charge in [0.25, 0.3) is 5.83 Å². The summed E-state index contributed by atoms with van der Waals surface area (Å²) in [5.74, 6) is -3.33. The summed E-state index contributed by atoms with van der Waals surface area (Å²) in [4.78, 5) is 0. The molecule has 0 N–H and O–H groups in total. The van der Waals surface area contributed by atoms with Crippen molar-refractivity contribution in [1.29, 1.82) is 0 Å². The van der Waals surface area contributed by atoms with Gasteiger partial charge in [-0.15, -0.1) is 0 Å². The fourth-order valence-electron chi connectivity index (χ4n) is 0.107. The molecule has 0 fully saturated rings. The van der Waals surface area contributed by atoms with Crippen LogP contribution in [-0.2, 0) is 0 Å². The molecule has 10 heavy (non-hydrogen) atoms. The molecule has 0 aromatic carbocycles. The molecule has 0 aliphatic heterocycles. The first-order valence-corrected chi connectivity index (χ1v) is 1.63. The molecule has 0 atom stereocenters. The molecule has 0 heterocycles. The molecule has 0 saturated carbocycles. The van der Waals surface area contributed by atoms with E-state index in [1.54, 1.807) is 0 Å². The van der Waals surface area contributed by atoms with Gasteiger partial charge in [-0.05, 0) is 0 Å². The number of alkyl halides is 3. The van der Waals surface area contributed by atoms with Crippen molar-refractivity contribution in [2.45, 2.75) is 6.18 Å². The Balaban J connectivity index is -0.000000320. The summed E-state index contributed by atoms with van der Waals surface area (Å²) in [7, 11) is 0. The Hall–Kier alpha value is 0.956. The first-order valence-electron chi connectivity index (χ1n) is 1.63. The third-order valence-electron chi connectivity index (χ3n) is 0.415. The van der Waals surface area contributed by atoms with Gasteiger partial charge in [-0.3, -0.25) is 0 Å². The number of rotatable bonds is 0. The van der Waals surface area contributed by atoms with Crippen LogP contribution in [0.25, 0.3) is 0 Å². The molecule has 0 rings (SSSR count). The zero-order valence-corrected chi connectivity index (χ0v) is 7.89. The molecule has 0 aliphatic rings. The van der Waals surface area contributed by atoms with Crippen molar-refractivity contribution in [2.24, 2.45) is 0 Å². The van der Waals surface area contributed by atoms with Crippen molar-refractivity contribution in [3.05, 3.63) is 11.9 Å². The summed E-state index contributed by atoms with van der Waals surface area (Å²) in [5, 5.41) is 0. The minimum Gasteiger partial charge on any atom is -1.00 e. The topological polar surface area (TPSA) is 0 Å². The molecule has 0 amide bonds. The van der Waals surface area contributed by atoms with Crippen LogP contribution in [0.1, 0.15) is 1.43 Å². The second kappa shape index (κ2) is 4.76. The molecule has 0 bridgehead atoms. The smallest absolute Gasteiger partial charge is 1.00 e. The van der Waals surface area contributed by atoms with E-state index in [9.17, 15) is 26.3 Å². The number of allylic oxidation sites excluding steroid dienone is 1. The number of halogens is 6. The molecule has 0 aromatic heterocycles. The molecule has 56 valence electrons. The molecule has 0 aromatic rings. The average Bonchev–Trinajstić information content (AvgIpc) is 1.62. The monoisotopic (exact) mass is 190 g/mol. The first-order chi connectivity index (χ1) is 3.85. The van der Waals surface area contributed by atoms with E-state index >= 15 is 0 Å². The molecular weight excluding hydrogens is 189 g/mol. The van der Waals surface area contributed by atoms with E-state index in [0.29, 0.717) is 0 Å². The summed E-state index contributed by atoms with van der Waals surface area (Å²) < 4.78 is 64.8. The first kappa shape index (κ1) is 13.5. The van der Waals surface area contributed by atoms with Crippen LogP contribution in [0, 0.1) is 0 Å². The Bertz CT molecular complexity index is 135. The van der Waals surface area contributed by atoms with E-state index in [1.165, 1.54) is 0 Å². The van der Waals surface area contributed by atoms with Gasteiger partial charge in [-0.1, -0.05) is 0 Å². The second-order valence-electron chi connectivity index (χ2n) is 1.07. The van der Waals surface area contributed by atoms with Crippen LogP contribution in [-0.4, -0.2) is 6.18 Å². The van der Waals surface area contributed by atoms with Gasteiger partial charge in [-0.25, -0.2) is 0 Å². The van der Waals surface area contributed by atoms with Gasteiger partial charge in [0.15, 0.2) is 0 Å². The number of hydrogen-bond donors (Lipinski definition) is 0. The minimum absolute atomic E-state index is 0. The third-order valence-corrected chi connectivity index (χ3v) is 0.415. The predicted molar refractivity (Wildman–Crippen MR) is 17.5 cm³/mol. The maximum atomic E-state index is 11.0. The molecule has 0 saturated heterocycles. The van der Waals surface area contributed by atoms with Crippen molar-refractivity contribution in [1.82, 2.24) is 0 Å². The normalized spacial score (nSPS) is 10.2. The van der Waals surface area contributed by atoms with Crippen LogP contribution < -0.4 is 51.4 Å². The van der Waals surface area contributed by atoms with Gasteiger partial charge in [0.2, 0.25) is 0 Å². The Morgan fingerprint density at radius 3 is 1.30 bits per heavy atom. The maximum absolute atomic E-state index is 11.0. The standard InChI is InChI=1S/C3F6.K.H/c4-1(2(5)6)3(7,8)9;;/q;+1;-1. The van der Waals surface area contributed by atoms with Crippen LogP contribution in [0.3, 0.4) is 0 Å². The Labute approximate surface area is 96.2 Å². The molecule has 7 heteroatoms. The van der Waals surface area contributed by atoms with Gasteiger partial charge in [0, 0.05) is 0 Å². The Morgan fingerprint density at radius 2 is 1.30 bits per heavy atom. The maximum Gasteiger partial charge on any atom is 1.00 e. The molecule has 0 unspecified atom stereocenters. The van der Waals surface area contributed by atoms with Crippen LogP contribution >= 0.6 is 0 Å². The van der Waals surface area contributed by atoms with Crippen LogP contribution in [0.4, 0.5) is 26.3 Å². The van der Waals surface area contributed by atoms with Gasteiger partial charge in [-0.2, -0.15) is 26.3 Å². The van der Waals surface area contributed by atoms with E-state index < -0.39 is 18.1 Å². The SMILES string of the molecule is FC(F)=C(F)C(F)(F)F.[H-].[K+]. The van der Waals surface area contributed by atoms with Crippen molar-refractivity contribution in [3.8, 4) is 0 Å². The van der Waals surface area contributed by atoms with E-state index in [-0.39, 0.29) is 52.8 Å². The van der Waals surface area contributed by atoms with E-state index in [0.717, 1.165) is 0 Å². The molecule has 0 spiro atoms. The molecule has 0 radical (unpaired) electrons. The molecular formula is C3HF6K. The zero-order valence-electron chi connectivity index (χ0n) is 5.77. The van der Waals surface area contributed by atoms with E-state index in [2.05, 4.69) is 0 Å². The predicted octanol–water partition coefficient (Wildman–Crippen LogP) is -0.257. The van der Waals surface area contributed by atoms with Crippen molar-refractivity contribution < 1.29 is 79.2 Å². The Morgan fingerprint density at radius 1 is 1.00 bits per heavy atom. The summed E-state index contributed by atoms with van der Waals surface area (Å²) >= 11 is 0. The summed E-state index contributed by atoms with van der Waals surface area (Å²) in [6.07, 6.45) is -8.90. The molecule has 0 aliphatic carbocycles. The average molecular weight is 190 g/mol. The quantitative estimate of drug-likeness (QED) is 0.365. The largest absolute Gasteiger partial charge is 1.00 e. The fourth-order valence-corrected chi connectivity index (χ4v) is 0.107. The van der Waals surface area contributed by atoms with Crippen LogP contribution in [0.2, 0.25) is 0 Å². The van der Waals surface area contributed by atoms with Gasteiger partial charge in [0.1, 0.15) is 0 Å². The van der Waals surface area contributed by atoms with E-state index in [1.807, 2.05) is 0 Å².